The Labute approximate surface area is 201 Å². The van der Waals surface area contributed by atoms with Crippen molar-refractivity contribution in [3.63, 3.8) is 0 Å². The largest absolute Gasteiger partial charge is 0.485 e. The van der Waals surface area contributed by atoms with Crippen LogP contribution in [0.1, 0.15) is 17.2 Å². The third-order valence-corrected chi connectivity index (χ3v) is 5.80. The van der Waals surface area contributed by atoms with E-state index >= 15 is 0 Å². The fraction of sp³-hybridized carbons (Fsp3) is 0.0741. The third-order valence-electron chi connectivity index (χ3n) is 5.80. The zero-order valence-corrected chi connectivity index (χ0v) is 18.8. The van der Waals surface area contributed by atoms with Crippen molar-refractivity contribution in [3.8, 4) is 17.0 Å². The van der Waals surface area contributed by atoms with Gasteiger partial charge in [-0.3, -0.25) is 4.98 Å². The monoisotopic (exact) mass is 459 g/mol. The van der Waals surface area contributed by atoms with Crippen molar-refractivity contribution in [2.24, 2.45) is 0 Å². The minimum absolute atomic E-state index is 0.227. The van der Waals surface area contributed by atoms with E-state index in [9.17, 15) is 0 Å². The first kappa shape index (κ1) is 20.7. The second-order valence-electron chi connectivity index (χ2n) is 8.04. The van der Waals surface area contributed by atoms with Crippen LogP contribution in [0.15, 0.2) is 91.9 Å². The van der Waals surface area contributed by atoms with E-state index in [1.54, 1.807) is 23.0 Å². The Morgan fingerprint density at radius 3 is 2.71 bits per heavy atom. The van der Waals surface area contributed by atoms with E-state index in [0.717, 1.165) is 39.3 Å². The van der Waals surface area contributed by atoms with Crippen LogP contribution in [-0.4, -0.2) is 34.3 Å². The van der Waals surface area contributed by atoms with Crippen LogP contribution in [0.2, 0.25) is 0 Å². The maximum Gasteiger partial charge on any atom is 0.192 e. The van der Waals surface area contributed by atoms with Gasteiger partial charge in [-0.2, -0.15) is 9.61 Å². The minimum Gasteiger partial charge on any atom is -0.485 e. The Morgan fingerprint density at radius 2 is 1.83 bits per heavy atom. The number of pyridine rings is 1. The maximum atomic E-state index is 6.17. The molecule has 6 rings (SSSR count). The molecule has 0 unspecified atom stereocenters. The lowest BCUT2D eigenvalue weighted by atomic mass is 10.1. The summed E-state index contributed by atoms with van der Waals surface area (Å²) in [6.45, 7) is 4.73. The van der Waals surface area contributed by atoms with Gasteiger partial charge in [0, 0.05) is 36.1 Å². The molecule has 0 saturated heterocycles. The average Bonchev–Trinajstić information content (AvgIpc) is 3.53. The molecule has 2 aromatic carbocycles. The van der Waals surface area contributed by atoms with Crippen LogP contribution >= 0.6 is 0 Å². The minimum atomic E-state index is 0.227. The number of imidazole rings is 1. The third kappa shape index (κ3) is 4.02. The fourth-order valence-electron chi connectivity index (χ4n) is 4.06. The lowest BCUT2D eigenvalue weighted by molar-refractivity contribution is 0.296. The number of hydrogen-bond acceptors (Lipinski definition) is 6. The van der Waals surface area contributed by atoms with Gasteiger partial charge in [0.2, 0.25) is 0 Å². The molecule has 8 nitrogen and oxygen atoms in total. The molecule has 0 bridgehead atoms. The standard InChI is InChI=1S/C27H21N7O/c1-2-25-29-14-15-33(25)17-19-8-9-21-23(16-19)28-13-12-24(21)35-18-27-31-30-26-11-10-22(32-34(26)27)20-6-4-3-5-7-20/h2-16H,1,17-18H2. The highest BCUT2D eigenvalue weighted by atomic mass is 16.5. The zero-order valence-electron chi connectivity index (χ0n) is 18.8. The molecular formula is C27H21N7O. The summed E-state index contributed by atoms with van der Waals surface area (Å²) in [5.41, 5.74) is 4.52. The Bertz CT molecular complexity index is 1650. The number of fused-ring (bicyclic) bond motifs is 2. The highest BCUT2D eigenvalue weighted by molar-refractivity contribution is 5.85. The van der Waals surface area contributed by atoms with E-state index in [1.807, 2.05) is 65.4 Å². The molecule has 0 amide bonds. The average molecular weight is 460 g/mol. The van der Waals surface area contributed by atoms with E-state index in [-0.39, 0.29) is 6.61 Å². The SMILES string of the molecule is C=Cc1nccn1Cc1ccc2c(OCc3nnc4ccc(-c5ccccc5)nn34)ccnc2c1. The molecule has 0 atom stereocenters. The molecule has 0 fully saturated rings. The highest BCUT2D eigenvalue weighted by Crippen LogP contribution is 2.26. The smallest absolute Gasteiger partial charge is 0.192 e. The lowest BCUT2D eigenvalue weighted by Gasteiger charge is -2.10. The van der Waals surface area contributed by atoms with Gasteiger partial charge in [0.1, 0.15) is 18.2 Å². The van der Waals surface area contributed by atoms with Gasteiger partial charge in [0.05, 0.1) is 11.2 Å². The summed E-state index contributed by atoms with van der Waals surface area (Å²) in [7, 11) is 0. The number of benzene rings is 2. The van der Waals surface area contributed by atoms with E-state index in [4.69, 9.17) is 9.84 Å². The molecule has 0 N–H and O–H groups in total. The summed E-state index contributed by atoms with van der Waals surface area (Å²) in [5, 5.41) is 14.2. The summed E-state index contributed by atoms with van der Waals surface area (Å²) in [5.74, 6) is 2.18. The van der Waals surface area contributed by atoms with Gasteiger partial charge < -0.3 is 9.30 Å². The Balaban J connectivity index is 1.26. The van der Waals surface area contributed by atoms with Crippen LogP contribution in [0.4, 0.5) is 0 Å². The van der Waals surface area contributed by atoms with Gasteiger partial charge in [-0.1, -0.05) is 43.0 Å². The molecule has 0 saturated carbocycles. The summed E-state index contributed by atoms with van der Waals surface area (Å²) < 4.78 is 9.94. The van der Waals surface area contributed by atoms with E-state index in [1.165, 1.54) is 0 Å². The molecule has 4 aromatic heterocycles. The van der Waals surface area contributed by atoms with Gasteiger partial charge in [-0.05, 0) is 42.0 Å². The van der Waals surface area contributed by atoms with Gasteiger partial charge >= 0.3 is 0 Å². The first-order chi connectivity index (χ1) is 17.3. The molecule has 0 spiro atoms. The van der Waals surface area contributed by atoms with Gasteiger partial charge in [-0.25, -0.2) is 4.98 Å². The number of nitrogens with zero attached hydrogens (tertiary/aromatic N) is 7. The molecule has 35 heavy (non-hydrogen) atoms. The summed E-state index contributed by atoms with van der Waals surface area (Å²) in [6, 6.07) is 21.9. The zero-order chi connectivity index (χ0) is 23.6. The van der Waals surface area contributed by atoms with Crippen LogP contribution in [-0.2, 0) is 13.2 Å². The van der Waals surface area contributed by atoms with Crippen molar-refractivity contribution < 1.29 is 4.74 Å². The molecule has 6 aromatic rings. The van der Waals surface area contributed by atoms with Gasteiger partial charge in [0.25, 0.3) is 0 Å². The van der Waals surface area contributed by atoms with Crippen molar-refractivity contribution in [2.75, 3.05) is 0 Å². The molecule has 8 heteroatoms. The number of aromatic nitrogens is 7. The topological polar surface area (TPSA) is 83.0 Å². The molecular weight excluding hydrogens is 438 g/mol. The van der Waals surface area contributed by atoms with Crippen molar-refractivity contribution >= 4 is 22.6 Å². The van der Waals surface area contributed by atoms with E-state index in [2.05, 4.69) is 38.9 Å². The summed E-state index contributed by atoms with van der Waals surface area (Å²) in [6.07, 6.45) is 7.21. The van der Waals surface area contributed by atoms with E-state index in [0.29, 0.717) is 18.0 Å². The van der Waals surface area contributed by atoms with Crippen molar-refractivity contribution in [2.45, 2.75) is 13.2 Å². The number of hydrogen-bond donors (Lipinski definition) is 0. The second-order valence-corrected chi connectivity index (χ2v) is 8.04. The molecule has 0 radical (unpaired) electrons. The van der Waals surface area contributed by atoms with E-state index < -0.39 is 0 Å². The molecule has 170 valence electrons. The van der Waals surface area contributed by atoms with Gasteiger partial charge in [-0.15, -0.1) is 10.2 Å². The molecule has 0 aliphatic carbocycles. The van der Waals surface area contributed by atoms with Crippen LogP contribution in [0.5, 0.6) is 5.75 Å². The Hall–Kier alpha value is -4.85. The lowest BCUT2D eigenvalue weighted by Crippen LogP contribution is -2.05. The molecule has 0 aliphatic rings. The van der Waals surface area contributed by atoms with Crippen molar-refractivity contribution in [1.82, 2.24) is 34.3 Å². The first-order valence-corrected chi connectivity index (χ1v) is 11.2. The van der Waals surface area contributed by atoms with Crippen molar-refractivity contribution in [3.05, 3.63) is 109 Å². The normalized spacial score (nSPS) is 11.2. The predicted molar refractivity (Wildman–Crippen MR) is 134 cm³/mol. The predicted octanol–water partition coefficient (Wildman–Crippen LogP) is 4.81. The fourth-order valence-corrected chi connectivity index (χ4v) is 4.06. The van der Waals surface area contributed by atoms with Crippen molar-refractivity contribution in [1.29, 1.82) is 0 Å². The number of ether oxygens (including phenoxy) is 1. The van der Waals surface area contributed by atoms with Crippen LogP contribution < -0.4 is 4.74 Å². The molecule has 4 heterocycles. The van der Waals surface area contributed by atoms with Crippen LogP contribution in [0.25, 0.3) is 33.9 Å². The quantitative estimate of drug-likeness (QED) is 0.341. The second kappa shape index (κ2) is 8.83. The molecule has 0 aliphatic heterocycles. The Kier molecular flexibility index (Phi) is 5.23. The number of rotatable bonds is 7. The van der Waals surface area contributed by atoms with Crippen LogP contribution in [0.3, 0.4) is 0 Å². The summed E-state index contributed by atoms with van der Waals surface area (Å²) >= 11 is 0. The van der Waals surface area contributed by atoms with Gasteiger partial charge in [0.15, 0.2) is 11.5 Å². The highest BCUT2D eigenvalue weighted by Gasteiger charge is 2.11. The maximum absolute atomic E-state index is 6.17. The van der Waals surface area contributed by atoms with Crippen LogP contribution in [0, 0.1) is 0 Å². The Morgan fingerprint density at radius 1 is 0.914 bits per heavy atom. The summed E-state index contributed by atoms with van der Waals surface area (Å²) in [4.78, 5) is 8.84. The first-order valence-electron chi connectivity index (χ1n) is 11.2.